The third kappa shape index (κ3) is 6.96. The van der Waals surface area contributed by atoms with Gasteiger partial charge in [0.05, 0.1) is 33.9 Å². The molecule has 4 heterocycles. The Labute approximate surface area is 236 Å². The van der Waals surface area contributed by atoms with E-state index >= 15 is 0 Å². The Morgan fingerprint density at radius 1 is 1.13 bits per heavy atom. The zero-order valence-corrected chi connectivity index (χ0v) is 23.4. The average Bonchev–Trinajstić information content (AvgIpc) is 3.55. The summed E-state index contributed by atoms with van der Waals surface area (Å²) in [5.41, 5.74) is 5.63. The summed E-state index contributed by atoms with van der Waals surface area (Å²) in [6, 6.07) is 13.4. The Morgan fingerprint density at radius 2 is 2.03 bits per heavy atom. The van der Waals surface area contributed by atoms with Crippen LogP contribution in [0.5, 0.6) is 11.5 Å². The summed E-state index contributed by atoms with van der Waals surface area (Å²) in [7, 11) is 1.69. The number of aromatic nitrogens is 2. The van der Waals surface area contributed by atoms with E-state index in [1.807, 2.05) is 49.5 Å². The van der Waals surface area contributed by atoms with Gasteiger partial charge in [0.15, 0.2) is 0 Å². The first kappa shape index (κ1) is 27.1. The predicted molar refractivity (Wildman–Crippen MR) is 157 cm³/mol. The average molecular weight is 561 g/mol. The molecule has 1 N–H and O–H groups in total. The molecule has 1 aliphatic heterocycles. The molecule has 0 fully saturated rings. The number of hydrogen-bond donors (Lipinski definition) is 1. The van der Waals surface area contributed by atoms with E-state index in [0.29, 0.717) is 36.1 Å². The van der Waals surface area contributed by atoms with E-state index in [4.69, 9.17) is 21.1 Å². The second-order valence-corrected chi connectivity index (χ2v) is 10.9. The minimum absolute atomic E-state index is 0.0845. The van der Waals surface area contributed by atoms with E-state index in [9.17, 15) is 4.79 Å². The van der Waals surface area contributed by atoms with Crippen LogP contribution >= 0.6 is 22.9 Å². The van der Waals surface area contributed by atoms with Gasteiger partial charge in [-0.25, -0.2) is 0 Å². The van der Waals surface area contributed by atoms with E-state index in [1.54, 1.807) is 30.7 Å². The van der Waals surface area contributed by atoms with Gasteiger partial charge in [0.25, 0.3) is 0 Å². The van der Waals surface area contributed by atoms with Crippen LogP contribution in [-0.4, -0.2) is 48.3 Å². The number of fused-ring (bicyclic) bond motifs is 1. The van der Waals surface area contributed by atoms with Gasteiger partial charge in [0, 0.05) is 62.2 Å². The molecule has 4 aromatic rings. The Balaban J connectivity index is 1.26. The molecule has 0 radical (unpaired) electrons. The summed E-state index contributed by atoms with van der Waals surface area (Å²) in [4.78, 5) is 27.1. The second-order valence-electron chi connectivity index (χ2n) is 9.40. The molecule has 0 spiro atoms. The van der Waals surface area contributed by atoms with E-state index in [2.05, 4.69) is 26.3 Å². The minimum Gasteiger partial charge on any atom is -0.456 e. The summed E-state index contributed by atoms with van der Waals surface area (Å²) in [5, 5.41) is 3.82. The van der Waals surface area contributed by atoms with Crippen LogP contribution in [0.15, 0.2) is 71.5 Å². The fourth-order valence-electron chi connectivity index (χ4n) is 4.25. The summed E-state index contributed by atoms with van der Waals surface area (Å²) < 4.78 is 12.2. The number of pyridine rings is 2. The first-order chi connectivity index (χ1) is 19.0. The molecule has 0 bridgehead atoms. The molecular formula is C30H29ClN4O3S. The SMILES string of the molecule is COCCNCc1ccc(-c2cc3nccc(Oc4ccc(CC(=O)CC5=NCC(C)=C5)c(Cl)c4)c3s2)nc1. The fourth-order valence-corrected chi connectivity index (χ4v) is 5.53. The van der Waals surface area contributed by atoms with Crippen molar-refractivity contribution in [2.24, 2.45) is 4.99 Å². The van der Waals surface area contributed by atoms with Crippen molar-refractivity contribution in [3.8, 4) is 22.1 Å². The lowest BCUT2D eigenvalue weighted by molar-refractivity contribution is -0.117. The van der Waals surface area contributed by atoms with E-state index in [1.165, 1.54) is 5.57 Å². The van der Waals surface area contributed by atoms with Crippen molar-refractivity contribution in [2.75, 3.05) is 26.8 Å². The molecule has 0 unspecified atom stereocenters. The van der Waals surface area contributed by atoms with Crippen LogP contribution in [0.25, 0.3) is 20.8 Å². The van der Waals surface area contributed by atoms with Gasteiger partial charge in [-0.05, 0) is 48.4 Å². The van der Waals surface area contributed by atoms with Gasteiger partial charge in [-0.3, -0.25) is 19.8 Å². The van der Waals surface area contributed by atoms with E-state index in [-0.39, 0.29) is 12.2 Å². The molecule has 1 aliphatic rings. The van der Waals surface area contributed by atoms with E-state index in [0.717, 1.165) is 50.7 Å². The smallest absolute Gasteiger partial charge is 0.148 e. The molecule has 5 rings (SSSR count). The number of rotatable bonds is 12. The molecule has 0 saturated heterocycles. The first-order valence-corrected chi connectivity index (χ1v) is 13.9. The normalized spacial score (nSPS) is 13.0. The summed E-state index contributed by atoms with van der Waals surface area (Å²) in [6.45, 7) is 4.91. The van der Waals surface area contributed by atoms with Gasteiger partial charge in [-0.15, -0.1) is 11.3 Å². The van der Waals surface area contributed by atoms with Crippen molar-refractivity contribution >= 4 is 44.6 Å². The third-order valence-electron chi connectivity index (χ3n) is 6.23. The maximum atomic E-state index is 12.5. The number of carbonyl (C=O) groups is 1. The number of methoxy groups -OCH3 is 1. The number of carbonyl (C=O) groups excluding carboxylic acids is 1. The van der Waals surface area contributed by atoms with Crippen LogP contribution in [0.3, 0.4) is 0 Å². The number of Topliss-reactive ketones (excluding diaryl/α,β-unsaturated/α-hetero) is 1. The maximum absolute atomic E-state index is 12.5. The van der Waals surface area contributed by atoms with Crippen LogP contribution < -0.4 is 10.1 Å². The van der Waals surface area contributed by atoms with Crippen LogP contribution in [-0.2, 0) is 22.5 Å². The van der Waals surface area contributed by atoms with Crippen molar-refractivity contribution in [3.63, 3.8) is 0 Å². The van der Waals surface area contributed by atoms with Crippen molar-refractivity contribution < 1.29 is 14.3 Å². The molecule has 0 saturated carbocycles. The number of nitrogens with one attached hydrogen (secondary N) is 1. The molecule has 0 amide bonds. The first-order valence-electron chi connectivity index (χ1n) is 12.7. The third-order valence-corrected chi connectivity index (χ3v) is 7.74. The van der Waals surface area contributed by atoms with Crippen LogP contribution in [0, 0.1) is 0 Å². The highest BCUT2D eigenvalue weighted by Crippen LogP contribution is 2.39. The second kappa shape index (κ2) is 12.6. The number of allylic oxidation sites excluding steroid dienone is 1. The predicted octanol–water partition coefficient (Wildman–Crippen LogP) is 6.44. The zero-order valence-electron chi connectivity index (χ0n) is 21.9. The van der Waals surface area contributed by atoms with Crippen LogP contribution in [0.4, 0.5) is 0 Å². The van der Waals surface area contributed by atoms with Crippen LogP contribution in [0.1, 0.15) is 24.5 Å². The number of ketones is 1. The minimum atomic E-state index is 0.0845. The summed E-state index contributed by atoms with van der Waals surface area (Å²) in [5.74, 6) is 1.37. The number of hydrogen-bond acceptors (Lipinski definition) is 8. The van der Waals surface area contributed by atoms with Gasteiger partial charge >= 0.3 is 0 Å². The highest BCUT2D eigenvalue weighted by atomic mass is 35.5. The van der Waals surface area contributed by atoms with Crippen molar-refractivity contribution in [3.05, 3.63) is 82.7 Å². The van der Waals surface area contributed by atoms with Gasteiger partial charge in [-0.2, -0.15) is 0 Å². The molecule has 7 nitrogen and oxygen atoms in total. The standard InChI is InChI=1S/C30H29ClN4O3S/c1-19-11-22(34-16-19)13-23(36)12-21-4-5-24(14-25(21)31)38-28-7-8-33-27-15-29(39-30(27)28)26-6-3-20(18-35-26)17-32-9-10-37-2/h3-8,11,14-15,18,32H,9-10,12-13,16-17H2,1-2H3. The highest BCUT2D eigenvalue weighted by molar-refractivity contribution is 7.22. The van der Waals surface area contributed by atoms with Gasteiger partial charge in [-0.1, -0.05) is 29.3 Å². The van der Waals surface area contributed by atoms with Gasteiger partial charge in [0.1, 0.15) is 17.3 Å². The maximum Gasteiger partial charge on any atom is 0.148 e. The number of halogens is 1. The Bertz CT molecular complexity index is 1550. The fraction of sp³-hybridized carbons (Fsp3) is 0.267. The summed E-state index contributed by atoms with van der Waals surface area (Å²) in [6.07, 6.45) is 6.18. The number of ether oxygens (including phenoxy) is 2. The van der Waals surface area contributed by atoms with Crippen molar-refractivity contribution in [1.29, 1.82) is 0 Å². The van der Waals surface area contributed by atoms with Gasteiger partial charge < -0.3 is 14.8 Å². The highest BCUT2D eigenvalue weighted by Gasteiger charge is 2.15. The molecule has 200 valence electrons. The van der Waals surface area contributed by atoms with E-state index < -0.39 is 0 Å². The molecule has 39 heavy (non-hydrogen) atoms. The molecular weight excluding hydrogens is 532 g/mol. The molecule has 9 heteroatoms. The zero-order chi connectivity index (χ0) is 27.2. The largest absolute Gasteiger partial charge is 0.456 e. The summed E-state index contributed by atoms with van der Waals surface area (Å²) >= 11 is 8.12. The lowest BCUT2D eigenvalue weighted by Gasteiger charge is -2.09. The number of aliphatic imine (C=N–C) groups is 1. The number of thiophene rings is 1. The topological polar surface area (TPSA) is 85.7 Å². The number of nitrogens with zero attached hydrogens (tertiary/aromatic N) is 3. The number of benzene rings is 1. The quantitative estimate of drug-likeness (QED) is 0.201. The Morgan fingerprint density at radius 3 is 2.77 bits per heavy atom. The van der Waals surface area contributed by atoms with Crippen LogP contribution in [0.2, 0.25) is 5.02 Å². The van der Waals surface area contributed by atoms with Crippen molar-refractivity contribution in [2.45, 2.75) is 26.3 Å². The lowest BCUT2D eigenvalue weighted by Crippen LogP contribution is -2.18. The molecule has 0 atom stereocenters. The lowest BCUT2D eigenvalue weighted by atomic mass is 10.0. The molecule has 1 aromatic carbocycles. The monoisotopic (exact) mass is 560 g/mol. The molecule has 0 aliphatic carbocycles. The Kier molecular flexibility index (Phi) is 8.78. The Hall–Kier alpha value is -3.43. The van der Waals surface area contributed by atoms with Gasteiger partial charge in [0.2, 0.25) is 0 Å². The van der Waals surface area contributed by atoms with Crippen molar-refractivity contribution in [1.82, 2.24) is 15.3 Å². The molecule has 3 aromatic heterocycles.